The first-order valence-corrected chi connectivity index (χ1v) is 10.7. The third-order valence-corrected chi connectivity index (χ3v) is 7.25. The highest BCUT2D eigenvalue weighted by Gasteiger charge is 2.35. The van der Waals surface area contributed by atoms with Gasteiger partial charge in [-0.1, -0.05) is 12.1 Å². The van der Waals surface area contributed by atoms with Crippen LogP contribution in [0.5, 0.6) is 0 Å². The second-order valence-electron chi connectivity index (χ2n) is 7.34. The Morgan fingerprint density at radius 2 is 1.82 bits per heavy atom. The molecule has 0 unspecified atom stereocenters. The highest BCUT2D eigenvalue weighted by atomic mass is 32.2. The van der Waals surface area contributed by atoms with Crippen molar-refractivity contribution in [2.75, 3.05) is 25.0 Å². The van der Waals surface area contributed by atoms with Crippen molar-refractivity contribution in [3.8, 4) is 0 Å². The molecule has 7 heteroatoms. The molecule has 0 radical (unpaired) electrons. The Hall–Kier alpha value is -2.25. The molecule has 0 N–H and O–H groups in total. The van der Waals surface area contributed by atoms with Crippen molar-refractivity contribution < 1.29 is 17.6 Å². The number of aryl methyl sites for hydroxylation is 2. The second-order valence-corrected chi connectivity index (χ2v) is 9.25. The van der Waals surface area contributed by atoms with Gasteiger partial charge in [-0.25, -0.2) is 12.8 Å². The quantitative estimate of drug-likeness (QED) is 0.784. The molecule has 0 saturated carbocycles. The molecule has 0 spiro atoms. The summed E-state index contributed by atoms with van der Waals surface area (Å²) in [6.07, 6.45) is 1.25. The molecule has 0 aliphatic carbocycles. The Morgan fingerprint density at radius 3 is 2.50 bits per heavy atom. The first-order chi connectivity index (χ1) is 13.2. The smallest absolute Gasteiger partial charge is 0.243 e. The molecule has 1 aliphatic heterocycles. The van der Waals surface area contributed by atoms with Gasteiger partial charge in [0, 0.05) is 25.8 Å². The number of rotatable bonds is 4. The standard InChI is InChI=1S/C21H25FN2O3S/c1-15-6-7-16(2)20(13-15)28(26,27)24-12-4-5-17(14-24)21(25)23(3)19-10-8-18(22)9-11-19/h6-11,13,17H,4-5,12,14H2,1-3H3/t17-/m1/s1. The van der Waals surface area contributed by atoms with Gasteiger partial charge in [0.25, 0.3) is 0 Å². The lowest BCUT2D eigenvalue weighted by Crippen LogP contribution is -2.46. The number of nitrogens with zero attached hydrogens (tertiary/aromatic N) is 2. The van der Waals surface area contributed by atoms with Gasteiger partial charge in [0.1, 0.15) is 5.82 Å². The van der Waals surface area contributed by atoms with Crippen molar-refractivity contribution in [2.45, 2.75) is 31.6 Å². The number of benzene rings is 2. The second kappa shape index (κ2) is 8.01. The van der Waals surface area contributed by atoms with E-state index in [1.54, 1.807) is 38.2 Å². The zero-order chi connectivity index (χ0) is 20.5. The summed E-state index contributed by atoms with van der Waals surface area (Å²) in [6, 6.07) is 11.1. The van der Waals surface area contributed by atoms with E-state index in [9.17, 15) is 17.6 Å². The Bertz CT molecular complexity index is 974. The van der Waals surface area contributed by atoms with Gasteiger partial charge >= 0.3 is 0 Å². The van der Waals surface area contributed by atoms with Crippen molar-refractivity contribution >= 4 is 21.6 Å². The fourth-order valence-electron chi connectivity index (χ4n) is 3.55. The normalized spacial score (nSPS) is 18.1. The van der Waals surface area contributed by atoms with Gasteiger partial charge in [-0.3, -0.25) is 4.79 Å². The Kier molecular flexibility index (Phi) is 5.86. The van der Waals surface area contributed by atoms with E-state index in [-0.39, 0.29) is 18.3 Å². The maximum Gasteiger partial charge on any atom is 0.243 e. The summed E-state index contributed by atoms with van der Waals surface area (Å²) in [5, 5.41) is 0. The van der Waals surface area contributed by atoms with Crippen LogP contribution in [-0.2, 0) is 14.8 Å². The lowest BCUT2D eigenvalue weighted by Gasteiger charge is -2.33. The molecule has 1 saturated heterocycles. The first-order valence-electron chi connectivity index (χ1n) is 9.30. The number of sulfonamides is 1. The van der Waals surface area contributed by atoms with Crippen molar-refractivity contribution in [3.63, 3.8) is 0 Å². The molecular formula is C21H25FN2O3S. The zero-order valence-electron chi connectivity index (χ0n) is 16.4. The Labute approximate surface area is 165 Å². The lowest BCUT2D eigenvalue weighted by atomic mass is 9.98. The van der Waals surface area contributed by atoms with Gasteiger partial charge < -0.3 is 4.90 Å². The first kappa shape index (κ1) is 20.5. The number of carbonyl (C=O) groups is 1. The number of halogens is 1. The zero-order valence-corrected chi connectivity index (χ0v) is 17.2. The monoisotopic (exact) mass is 404 g/mol. The third kappa shape index (κ3) is 4.10. The average molecular weight is 405 g/mol. The van der Waals surface area contributed by atoms with Crippen LogP contribution in [0, 0.1) is 25.6 Å². The third-order valence-electron chi connectivity index (χ3n) is 5.24. The highest BCUT2D eigenvalue weighted by Crippen LogP contribution is 2.28. The number of anilines is 1. The molecule has 1 heterocycles. The van der Waals surface area contributed by atoms with Gasteiger partial charge in [0.15, 0.2) is 0 Å². The van der Waals surface area contributed by atoms with Crippen LogP contribution in [0.1, 0.15) is 24.0 Å². The van der Waals surface area contributed by atoms with Crippen LogP contribution in [0.15, 0.2) is 47.4 Å². The number of amides is 1. The summed E-state index contributed by atoms with van der Waals surface area (Å²) >= 11 is 0. The minimum atomic E-state index is -3.66. The van der Waals surface area contributed by atoms with E-state index in [1.807, 2.05) is 13.0 Å². The van der Waals surface area contributed by atoms with Crippen molar-refractivity contribution in [1.29, 1.82) is 0 Å². The average Bonchev–Trinajstić information content (AvgIpc) is 2.69. The molecule has 5 nitrogen and oxygen atoms in total. The SMILES string of the molecule is Cc1ccc(C)c(S(=O)(=O)N2CCC[C@@H](C(=O)N(C)c3ccc(F)cc3)C2)c1. The van der Waals surface area contributed by atoms with Gasteiger partial charge in [-0.15, -0.1) is 0 Å². The van der Waals surface area contributed by atoms with E-state index in [0.29, 0.717) is 35.5 Å². The maximum atomic E-state index is 13.2. The summed E-state index contributed by atoms with van der Waals surface area (Å²) in [5.41, 5.74) is 2.16. The summed E-state index contributed by atoms with van der Waals surface area (Å²) in [4.78, 5) is 14.7. The number of carbonyl (C=O) groups excluding carboxylic acids is 1. The topological polar surface area (TPSA) is 57.7 Å². The van der Waals surface area contributed by atoms with Crippen LogP contribution >= 0.6 is 0 Å². The predicted molar refractivity (Wildman–Crippen MR) is 107 cm³/mol. The molecule has 1 amide bonds. The minimum absolute atomic E-state index is 0.153. The molecule has 0 aromatic heterocycles. The predicted octanol–water partition coefficient (Wildman–Crippen LogP) is 3.51. The molecule has 1 atom stereocenters. The van der Waals surface area contributed by atoms with E-state index < -0.39 is 15.9 Å². The largest absolute Gasteiger partial charge is 0.315 e. The van der Waals surface area contributed by atoms with Crippen molar-refractivity contribution in [2.24, 2.45) is 5.92 Å². The maximum absolute atomic E-state index is 13.2. The highest BCUT2D eigenvalue weighted by molar-refractivity contribution is 7.89. The van der Waals surface area contributed by atoms with E-state index in [0.717, 1.165) is 5.56 Å². The minimum Gasteiger partial charge on any atom is -0.315 e. The fraction of sp³-hybridized carbons (Fsp3) is 0.381. The molecule has 28 heavy (non-hydrogen) atoms. The van der Waals surface area contributed by atoms with Gasteiger partial charge in [0.2, 0.25) is 15.9 Å². The number of hydrogen-bond donors (Lipinski definition) is 0. The molecular weight excluding hydrogens is 379 g/mol. The van der Waals surface area contributed by atoms with E-state index in [2.05, 4.69) is 0 Å². The van der Waals surface area contributed by atoms with Crippen LogP contribution in [0.25, 0.3) is 0 Å². The molecule has 3 rings (SSSR count). The van der Waals surface area contributed by atoms with E-state index in [1.165, 1.54) is 21.3 Å². The van der Waals surface area contributed by atoms with E-state index >= 15 is 0 Å². The summed E-state index contributed by atoms with van der Waals surface area (Å²) in [5.74, 6) is -0.954. The Morgan fingerprint density at radius 1 is 1.14 bits per heavy atom. The van der Waals surface area contributed by atoms with Crippen LogP contribution < -0.4 is 4.90 Å². The Balaban J connectivity index is 1.80. The molecule has 0 bridgehead atoms. The number of hydrogen-bond acceptors (Lipinski definition) is 3. The molecule has 1 aliphatic rings. The molecule has 2 aromatic rings. The molecule has 2 aromatic carbocycles. The van der Waals surface area contributed by atoms with E-state index in [4.69, 9.17) is 0 Å². The summed E-state index contributed by atoms with van der Waals surface area (Å²) in [6.45, 7) is 4.19. The summed E-state index contributed by atoms with van der Waals surface area (Å²) in [7, 11) is -2.03. The van der Waals surface area contributed by atoms with Crippen LogP contribution in [0.3, 0.4) is 0 Å². The van der Waals surface area contributed by atoms with Crippen LogP contribution in [0.4, 0.5) is 10.1 Å². The van der Waals surface area contributed by atoms with Crippen molar-refractivity contribution in [1.82, 2.24) is 4.31 Å². The number of piperidine rings is 1. The summed E-state index contributed by atoms with van der Waals surface area (Å²) < 4.78 is 40.9. The van der Waals surface area contributed by atoms with Crippen LogP contribution in [0.2, 0.25) is 0 Å². The van der Waals surface area contributed by atoms with Gasteiger partial charge in [-0.2, -0.15) is 4.31 Å². The fourth-order valence-corrected chi connectivity index (χ4v) is 5.39. The van der Waals surface area contributed by atoms with Crippen molar-refractivity contribution in [3.05, 3.63) is 59.4 Å². The van der Waals surface area contributed by atoms with Crippen LogP contribution in [-0.4, -0.2) is 38.8 Å². The molecule has 1 fully saturated rings. The molecule has 150 valence electrons. The van der Waals surface area contributed by atoms with Gasteiger partial charge in [0.05, 0.1) is 10.8 Å². The lowest BCUT2D eigenvalue weighted by molar-refractivity contribution is -0.123. The van der Waals surface area contributed by atoms with Gasteiger partial charge in [-0.05, 0) is 68.1 Å².